The van der Waals surface area contributed by atoms with Crippen molar-refractivity contribution in [1.29, 1.82) is 0 Å². The molecule has 1 heterocycles. The third kappa shape index (κ3) is 7.13. The number of amides is 2. The van der Waals surface area contributed by atoms with Gasteiger partial charge in [-0.3, -0.25) is 4.79 Å². The first-order chi connectivity index (χ1) is 9.59. The monoisotopic (exact) mass is 298 g/mol. The van der Waals surface area contributed by atoms with Crippen molar-refractivity contribution in [3.63, 3.8) is 0 Å². The molecule has 3 N–H and O–H groups in total. The number of carboxylic acid groups (broad SMARTS) is 1. The zero-order valence-electron chi connectivity index (χ0n) is 11.7. The van der Waals surface area contributed by atoms with Crippen LogP contribution in [0, 0.1) is 0 Å². The first kappa shape index (κ1) is 16.5. The van der Waals surface area contributed by atoms with Gasteiger partial charge in [-0.15, -0.1) is 11.3 Å². The van der Waals surface area contributed by atoms with Crippen LogP contribution < -0.4 is 10.6 Å². The van der Waals surface area contributed by atoms with E-state index in [1.807, 2.05) is 24.4 Å². The number of hydrogen-bond donors (Lipinski definition) is 3. The van der Waals surface area contributed by atoms with Crippen molar-refractivity contribution < 1.29 is 14.7 Å². The summed E-state index contributed by atoms with van der Waals surface area (Å²) in [7, 11) is 0. The molecule has 1 aromatic heterocycles. The van der Waals surface area contributed by atoms with Crippen LogP contribution in [0.15, 0.2) is 17.5 Å². The standard InChI is InChI=1S/C14H22N2O3S/c1-11(12-7-6-10-20-12)16-14(19)15-9-5-3-2-4-8-13(17)18/h6-7,10-11H,2-5,8-9H2,1H3,(H,17,18)(H2,15,16,19). The SMILES string of the molecule is CC(NC(=O)NCCCCCCC(=O)O)c1cccs1. The van der Waals surface area contributed by atoms with E-state index in [0.717, 1.165) is 24.1 Å². The first-order valence-electron chi connectivity index (χ1n) is 6.89. The highest BCUT2D eigenvalue weighted by atomic mass is 32.1. The molecule has 0 fully saturated rings. The lowest BCUT2D eigenvalue weighted by Gasteiger charge is -2.13. The van der Waals surface area contributed by atoms with Gasteiger partial charge in [-0.05, 0) is 31.2 Å². The van der Waals surface area contributed by atoms with Crippen molar-refractivity contribution in [2.24, 2.45) is 0 Å². The molecular formula is C14H22N2O3S. The Labute approximate surface area is 123 Å². The van der Waals surface area contributed by atoms with E-state index in [9.17, 15) is 9.59 Å². The molecule has 0 aliphatic carbocycles. The van der Waals surface area contributed by atoms with Gasteiger partial charge in [-0.25, -0.2) is 4.79 Å². The second-order valence-electron chi connectivity index (χ2n) is 4.70. The minimum absolute atomic E-state index is 0.0190. The zero-order chi connectivity index (χ0) is 14.8. The van der Waals surface area contributed by atoms with Gasteiger partial charge in [0.15, 0.2) is 0 Å². The Kier molecular flexibility index (Phi) is 7.72. The van der Waals surface area contributed by atoms with E-state index in [0.29, 0.717) is 13.0 Å². The molecule has 0 aromatic carbocycles. The highest BCUT2D eigenvalue weighted by Gasteiger charge is 2.09. The Balaban J connectivity index is 2.02. The number of nitrogens with one attached hydrogen (secondary N) is 2. The van der Waals surface area contributed by atoms with Gasteiger partial charge in [0.1, 0.15) is 0 Å². The van der Waals surface area contributed by atoms with Crippen LogP contribution in [0.2, 0.25) is 0 Å². The molecule has 5 nitrogen and oxygen atoms in total. The average molecular weight is 298 g/mol. The van der Waals surface area contributed by atoms with Crippen LogP contribution in [0.3, 0.4) is 0 Å². The molecule has 1 rings (SSSR count). The summed E-state index contributed by atoms with van der Waals surface area (Å²) in [6, 6.07) is 3.83. The molecule has 0 aliphatic rings. The van der Waals surface area contributed by atoms with E-state index in [4.69, 9.17) is 5.11 Å². The predicted octanol–water partition coefficient (Wildman–Crippen LogP) is 3.14. The fourth-order valence-electron chi connectivity index (χ4n) is 1.81. The summed E-state index contributed by atoms with van der Waals surface area (Å²) in [4.78, 5) is 23.1. The van der Waals surface area contributed by atoms with Gasteiger partial charge in [-0.2, -0.15) is 0 Å². The molecule has 0 saturated heterocycles. The quantitative estimate of drug-likeness (QED) is 0.613. The Morgan fingerprint density at radius 1 is 1.30 bits per heavy atom. The maximum Gasteiger partial charge on any atom is 0.315 e. The van der Waals surface area contributed by atoms with E-state index < -0.39 is 5.97 Å². The van der Waals surface area contributed by atoms with Gasteiger partial charge in [0.25, 0.3) is 0 Å². The van der Waals surface area contributed by atoms with Crippen LogP contribution in [0.5, 0.6) is 0 Å². The van der Waals surface area contributed by atoms with Gasteiger partial charge in [0.2, 0.25) is 0 Å². The van der Waals surface area contributed by atoms with Crippen molar-refractivity contribution in [2.45, 2.75) is 45.1 Å². The van der Waals surface area contributed by atoms with E-state index in [1.165, 1.54) is 0 Å². The Morgan fingerprint density at radius 2 is 2.05 bits per heavy atom. The molecular weight excluding hydrogens is 276 g/mol. The summed E-state index contributed by atoms with van der Waals surface area (Å²) in [6.45, 7) is 2.58. The van der Waals surface area contributed by atoms with Crippen molar-refractivity contribution in [3.8, 4) is 0 Å². The number of urea groups is 1. The molecule has 0 radical (unpaired) electrons. The molecule has 6 heteroatoms. The first-order valence-corrected chi connectivity index (χ1v) is 7.77. The number of thiophene rings is 1. The van der Waals surface area contributed by atoms with E-state index in [-0.39, 0.29) is 18.5 Å². The number of hydrogen-bond acceptors (Lipinski definition) is 3. The van der Waals surface area contributed by atoms with Crippen LogP contribution in [-0.4, -0.2) is 23.7 Å². The van der Waals surface area contributed by atoms with Gasteiger partial charge in [-0.1, -0.05) is 18.9 Å². The number of aliphatic carboxylic acids is 1. The van der Waals surface area contributed by atoms with Crippen LogP contribution >= 0.6 is 11.3 Å². The maximum atomic E-state index is 11.6. The minimum atomic E-state index is -0.745. The van der Waals surface area contributed by atoms with Crippen LogP contribution in [0.4, 0.5) is 4.79 Å². The summed E-state index contributed by atoms with van der Waals surface area (Å²) in [5, 5.41) is 16.2. The molecule has 1 unspecified atom stereocenters. The topological polar surface area (TPSA) is 78.4 Å². The second-order valence-corrected chi connectivity index (χ2v) is 5.67. The third-order valence-corrected chi connectivity index (χ3v) is 3.98. The zero-order valence-corrected chi connectivity index (χ0v) is 12.5. The van der Waals surface area contributed by atoms with E-state index >= 15 is 0 Å². The maximum absolute atomic E-state index is 11.6. The number of unbranched alkanes of at least 4 members (excludes halogenated alkanes) is 3. The molecule has 0 spiro atoms. The molecule has 0 bridgehead atoms. The summed E-state index contributed by atoms with van der Waals surface area (Å²) >= 11 is 1.62. The molecule has 112 valence electrons. The van der Waals surface area contributed by atoms with Crippen LogP contribution in [0.1, 0.15) is 49.9 Å². The van der Waals surface area contributed by atoms with Crippen LogP contribution in [-0.2, 0) is 4.79 Å². The normalized spacial score (nSPS) is 11.8. The van der Waals surface area contributed by atoms with Crippen molar-refractivity contribution in [1.82, 2.24) is 10.6 Å². The van der Waals surface area contributed by atoms with E-state index in [1.54, 1.807) is 11.3 Å². The van der Waals surface area contributed by atoms with Crippen LogP contribution in [0.25, 0.3) is 0 Å². The molecule has 1 aromatic rings. The lowest BCUT2D eigenvalue weighted by molar-refractivity contribution is -0.137. The lowest BCUT2D eigenvalue weighted by Crippen LogP contribution is -2.37. The Bertz CT molecular complexity index is 407. The highest BCUT2D eigenvalue weighted by Crippen LogP contribution is 2.17. The van der Waals surface area contributed by atoms with Gasteiger partial charge in [0, 0.05) is 17.8 Å². The highest BCUT2D eigenvalue weighted by molar-refractivity contribution is 7.10. The predicted molar refractivity (Wildman–Crippen MR) is 80.0 cm³/mol. The Hall–Kier alpha value is -1.56. The summed E-state index contributed by atoms with van der Waals surface area (Å²) < 4.78 is 0. The largest absolute Gasteiger partial charge is 0.481 e. The smallest absolute Gasteiger partial charge is 0.315 e. The summed E-state index contributed by atoms with van der Waals surface area (Å²) in [6.07, 6.45) is 3.64. The fraction of sp³-hybridized carbons (Fsp3) is 0.571. The number of rotatable bonds is 9. The molecule has 1 atom stereocenters. The Morgan fingerprint density at radius 3 is 2.70 bits per heavy atom. The number of carbonyl (C=O) groups excluding carboxylic acids is 1. The fourth-order valence-corrected chi connectivity index (χ4v) is 2.55. The van der Waals surface area contributed by atoms with Crippen molar-refractivity contribution >= 4 is 23.3 Å². The summed E-state index contributed by atoms with van der Waals surface area (Å²) in [5.74, 6) is -0.745. The van der Waals surface area contributed by atoms with E-state index in [2.05, 4.69) is 10.6 Å². The number of carboxylic acids is 1. The average Bonchev–Trinajstić information content (AvgIpc) is 2.91. The van der Waals surface area contributed by atoms with Gasteiger partial charge in [0.05, 0.1) is 6.04 Å². The van der Waals surface area contributed by atoms with Gasteiger partial charge < -0.3 is 15.7 Å². The minimum Gasteiger partial charge on any atom is -0.481 e. The van der Waals surface area contributed by atoms with Crippen molar-refractivity contribution in [2.75, 3.05) is 6.54 Å². The number of carbonyl (C=O) groups is 2. The second kappa shape index (κ2) is 9.36. The third-order valence-electron chi connectivity index (χ3n) is 2.92. The molecule has 2 amide bonds. The molecule has 0 aliphatic heterocycles. The molecule has 0 saturated carbocycles. The van der Waals surface area contributed by atoms with Crippen molar-refractivity contribution in [3.05, 3.63) is 22.4 Å². The summed E-state index contributed by atoms with van der Waals surface area (Å²) in [5.41, 5.74) is 0. The lowest BCUT2D eigenvalue weighted by atomic mass is 10.1. The molecule has 20 heavy (non-hydrogen) atoms. The van der Waals surface area contributed by atoms with Gasteiger partial charge >= 0.3 is 12.0 Å².